The molecular weight excluding hydrogens is 484 g/mol. The van der Waals surface area contributed by atoms with Crippen LogP contribution in [0.3, 0.4) is 0 Å². The molecule has 182 valence electrons. The molecule has 0 bridgehead atoms. The molecular formula is C24H20N6O5S. The third-order valence-electron chi connectivity index (χ3n) is 5.50. The largest absolute Gasteiger partial charge is 0.486 e. The Morgan fingerprint density at radius 1 is 1.08 bits per heavy atom. The number of Topliss-reactive ketones (excluding diaryl/α,β-unsaturated/α-hetero) is 2. The van der Waals surface area contributed by atoms with Gasteiger partial charge >= 0.3 is 0 Å². The molecule has 0 saturated carbocycles. The van der Waals surface area contributed by atoms with Gasteiger partial charge in [-0.1, -0.05) is 6.07 Å². The Bertz CT molecular complexity index is 1520. The van der Waals surface area contributed by atoms with Crippen molar-refractivity contribution in [1.82, 2.24) is 30.2 Å². The molecule has 0 saturated heterocycles. The average Bonchev–Trinajstić information content (AvgIpc) is 3.54. The topological polar surface area (TPSA) is 145 Å². The molecule has 4 aromatic rings. The summed E-state index contributed by atoms with van der Waals surface area (Å²) in [6.07, 6.45) is 1.54. The van der Waals surface area contributed by atoms with Crippen molar-refractivity contribution in [2.45, 2.75) is 26.4 Å². The molecule has 1 aromatic carbocycles. The fourth-order valence-corrected chi connectivity index (χ4v) is 4.57. The maximum atomic E-state index is 12.9. The van der Waals surface area contributed by atoms with Crippen LogP contribution < -0.4 is 15.4 Å². The number of ether oxygens (including phenoxy) is 1. The highest BCUT2D eigenvalue weighted by atomic mass is 32.1. The molecule has 1 aliphatic rings. The van der Waals surface area contributed by atoms with Crippen LogP contribution in [0.4, 0.5) is 0 Å². The van der Waals surface area contributed by atoms with Crippen molar-refractivity contribution in [3.63, 3.8) is 0 Å². The van der Waals surface area contributed by atoms with E-state index in [0.717, 1.165) is 16.0 Å². The number of nitrogens with zero attached hydrogens (tertiary/aromatic N) is 4. The summed E-state index contributed by atoms with van der Waals surface area (Å²) in [5, 5.41) is 9.59. The second-order valence-corrected chi connectivity index (χ2v) is 9.30. The van der Waals surface area contributed by atoms with Gasteiger partial charge in [-0.3, -0.25) is 19.2 Å². The van der Waals surface area contributed by atoms with E-state index in [2.05, 4.69) is 25.7 Å². The Labute approximate surface area is 208 Å². The van der Waals surface area contributed by atoms with Crippen LogP contribution in [0, 0.1) is 0 Å². The minimum Gasteiger partial charge on any atom is -0.486 e. The van der Waals surface area contributed by atoms with Crippen LogP contribution in [0.1, 0.15) is 53.6 Å². The zero-order chi connectivity index (χ0) is 25.2. The van der Waals surface area contributed by atoms with Crippen molar-refractivity contribution < 1.29 is 23.9 Å². The van der Waals surface area contributed by atoms with Crippen LogP contribution in [0.5, 0.6) is 5.75 Å². The molecule has 36 heavy (non-hydrogen) atoms. The Morgan fingerprint density at radius 3 is 2.72 bits per heavy atom. The van der Waals surface area contributed by atoms with E-state index in [9.17, 15) is 19.2 Å². The molecule has 11 nitrogen and oxygen atoms in total. The molecule has 0 fully saturated rings. The smallest absolute Gasteiger partial charge is 0.270 e. The van der Waals surface area contributed by atoms with E-state index >= 15 is 0 Å². The normalized spacial score (nSPS) is 12.6. The molecule has 0 atom stereocenters. The molecule has 3 aromatic heterocycles. The molecule has 0 spiro atoms. The van der Waals surface area contributed by atoms with Crippen LogP contribution in [0.25, 0.3) is 5.78 Å². The van der Waals surface area contributed by atoms with E-state index < -0.39 is 11.8 Å². The number of carbonyl (C=O) groups excluding carboxylic acids is 4. The summed E-state index contributed by atoms with van der Waals surface area (Å²) in [6, 6.07) is 10.3. The summed E-state index contributed by atoms with van der Waals surface area (Å²) in [4.78, 5) is 58.6. The van der Waals surface area contributed by atoms with Gasteiger partial charge < -0.3 is 15.4 Å². The van der Waals surface area contributed by atoms with Gasteiger partial charge in [-0.05, 0) is 36.8 Å². The number of nitrogens with one attached hydrogen (secondary N) is 2. The number of aromatic nitrogens is 4. The van der Waals surface area contributed by atoms with Crippen molar-refractivity contribution in [1.29, 1.82) is 0 Å². The van der Waals surface area contributed by atoms with E-state index in [-0.39, 0.29) is 48.4 Å². The molecule has 2 N–H and O–H groups in total. The lowest BCUT2D eigenvalue weighted by Crippen LogP contribution is -2.28. The molecule has 5 rings (SSSR count). The minimum atomic E-state index is -0.496. The number of hydrogen-bond acceptors (Lipinski definition) is 9. The van der Waals surface area contributed by atoms with Crippen molar-refractivity contribution in [3.05, 3.63) is 75.0 Å². The number of amides is 2. The van der Waals surface area contributed by atoms with E-state index in [0.29, 0.717) is 17.0 Å². The van der Waals surface area contributed by atoms with Crippen LogP contribution in [0.2, 0.25) is 0 Å². The Balaban J connectivity index is 1.30. The predicted molar refractivity (Wildman–Crippen MR) is 128 cm³/mol. The number of thiophene rings is 1. The van der Waals surface area contributed by atoms with Gasteiger partial charge in [-0.15, -0.1) is 11.3 Å². The van der Waals surface area contributed by atoms with Crippen molar-refractivity contribution >= 4 is 40.5 Å². The molecule has 1 aliphatic heterocycles. The summed E-state index contributed by atoms with van der Waals surface area (Å²) in [7, 11) is 0. The van der Waals surface area contributed by atoms with Gasteiger partial charge in [0.05, 0.1) is 11.4 Å². The lowest BCUT2D eigenvalue weighted by molar-refractivity contribution is -0.121. The first-order valence-corrected chi connectivity index (χ1v) is 11.8. The van der Waals surface area contributed by atoms with Gasteiger partial charge in [0, 0.05) is 29.5 Å². The predicted octanol–water partition coefficient (Wildman–Crippen LogP) is 1.75. The first-order valence-electron chi connectivity index (χ1n) is 11.0. The number of ketones is 2. The molecule has 2 amide bonds. The first kappa shape index (κ1) is 23.3. The Kier molecular flexibility index (Phi) is 6.25. The molecule has 0 aliphatic carbocycles. The van der Waals surface area contributed by atoms with Gasteiger partial charge in [0.1, 0.15) is 30.1 Å². The summed E-state index contributed by atoms with van der Waals surface area (Å²) in [5.41, 5.74) is 1.67. The van der Waals surface area contributed by atoms with Crippen molar-refractivity contribution in [2.24, 2.45) is 0 Å². The Morgan fingerprint density at radius 2 is 1.92 bits per heavy atom. The lowest BCUT2D eigenvalue weighted by atomic mass is 10.0. The van der Waals surface area contributed by atoms with Crippen LogP contribution in [0.15, 0.2) is 42.7 Å². The monoisotopic (exact) mass is 504 g/mol. The van der Waals surface area contributed by atoms with E-state index in [1.807, 2.05) is 12.1 Å². The number of hydrogen-bond donors (Lipinski definition) is 2. The maximum absolute atomic E-state index is 12.9. The Hall–Kier alpha value is -4.45. The summed E-state index contributed by atoms with van der Waals surface area (Å²) >= 11 is 1.30. The zero-order valence-electron chi connectivity index (χ0n) is 19.1. The molecule has 12 heteroatoms. The molecule has 0 radical (unpaired) electrons. The number of benzene rings is 1. The summed E-state index contributed by atoms with van der Waals surface area (Å²) < 4.78 is 6.65. The van der Waals surface area contributed by atoms with Crippen molar-refractivity contribution in [2.75, 3.05) is 6.61 Å². The van der Waals surface area contributed by atoms with Crippen molar-refractivity contribution in [3.8, 4) is 5.75 Å². The summed E-state index contributed by atoms with van der Waals surface area (Å²) in [5.74, 6) is -0.239. The molecule has 4 heterocycles. The highest BCUT2D eigenvalue weighted by molar-refractivity contribution is 7.14. The zero-order valence-corrected chi connectivity index (χ0v) is 19.9. The van der Waals surface area contributed by atoms with E-state index in [1.165, 1.54) is 35.2 Å². The lowest BCUT2D eigenvalue weighted by Gasteiger charge is -2.17. The van der Waals surface area contributed by atoms with Crippen LogP contribution in [-0.4, -0.2) is 49.6 Å². The SMILES string of the molecule is CC(=O)c1ccc(CNC(=O)c2cc(C(=O)NCc3ccc4c(c3)CC(=O)CO4)nc3ncnn23)s1. The third-order valence-corrected chi connectivity index (χ3v) is 6.69. The van der Waals surface area contributed by atoms with Gasteiger partial charge in [-0.25, -0.2) is 4.98 Å². The highest BCUT2D eigenvalue weighted by Crippen LogP contribution is 2.24. The highest BCUT2D eigenvalue weighted by Gasteiger charge is 2.20. The standard InChI is InChI=1S/C24H20N6O5S/c1-13(31)21-5-3-17(36-21)10-26-23(34)19-8-18(29-24-27-12-28-30(19)24)22(33)25-9-14-2-4-20-15(6-14)7-16(32)11-35-20/h2-6,8,12H,7,9-11H2,1H3,(H,25,33)(H,26,34). The minimum absolute atomic E-state index is 0.00123. The van der Waals surface area contributed by atoms with Crippen LogP contribution in [-0.2, 0) is 24.3 Å². The van der Waals surface area contributed by atoms with Gasteiger partial charge in [0.2, 0.25) is 0 Å². The van der Waals surface area contributed by atoms with Gasteiger partial charge in [0.15, 0.2) is 11.6 Å². The fraction of sp³-hybridized carbons (Fsp3) is 0.208. The van der Waals surface area contributed by atoms with Crippen LogP contribution >= 0.6 is 11.3 Å². The fourth-order valence-electron chi connectivity index (χ4n) is 3.73. The van der Waals surface area contributed by atoms with Gasteiger partial charge in [-0.2, -0.15) is 14.6 Å². The maximum Gasteiger partial charge on any atom is 0.270 e. The number of rotatable bonds is 7. The van der Waals surface area contributed by atoms with E-state index in [1.54, 1.807) is 18.2 Å². The third kappa shape index (κ3) is 4.84. The quantitative estimate of drug-likeness (QED) is 0.362. The van der Waals surface area contributed by atoms with E-state index in [4.69, 9.17) is 4.74 Å². The second kappa shape index (κ2) is 9.66. The van der Waals surface area contributed by atoms with Gasteiger partial charge in [0.25, 0.3) is 17.6 Å². The number of fused-ring (bicyclic) bond motifs is 2. The molecule has 0 unspecified atom stereocenters. The second-order valence-electron chi connectivity index (χ2n) is 8.13. The summed E-state index contributed by atoms with van der Waals surface area (Å²) in [6.45, 7) is 1.96. The number of carbonyl (C=O) groups is 4. The first-order chi connectivity index (χ1) is 17.4. The average molecular weight is 505 g/mol.